The molecule has 25 heavy (non-hydrogen) atoms. The van der Waals surface area contributed by atoms with Crippen LogP contribution in [0.15, 0.2) is 29.6 Å². The summed E-state index contributed by atoms with van der Waals surface area (Å²) in [5.74, 6) is 0.166. The van der Waals surface area contributed by atoms with Crippen LogP contribution in [0.1, 0.15) is 16.9 Å². The van der Waals surface area contributed by atoms with Crippen LogP contribution in [0.3, 0.4) is 0 Å². The van der Waals surface area contributed by atoms with E-state index in [1.807, 2.05) is 0 Å². The largest absolute Gasteiger partial charge is 0.325 e. The number of carbonyl (C=O) groups excluding carboxylic acids is 1. The maximum atomic E-state index is 12.2. The number of aromatic nitrogens is 2. The summed E-state index contributed by atoms with van der Waals surface area (Å²) >= 11 is 15.0. The Labute approximate surface area is 163 Å². The number of thiophene rings is 1. The van der Waals surface area contributed by atoms with Gasteiger partial charge >= 0.3 is 0 Å². The summed E-state index contributed by atoms with van der Waals surface area (Å²) in [6.45, 7) is 0. The molecule has 8 heteroatoms. The number of hydrogen-bond acceptors (Lipinski definition) is 5. The number of hydrogen-bond donors (Lipinski definition) is 1. The Bertz CT molecular complexity index is 974. The third-order valence-electron chi connectivity index (χ3n) is 4.01. The molecule has 0 saturated heterocycles. The van der Waals surface area contributed by atoms with E-state index >= 15 is 0 Å². The van der Waals surface area contributed by atoms with Gasteiger partial charge < -0.3 is 5.32 Å². The van der Waals surface area contributed by atoms with Crippen molar-refractivity contribution in [1.29, 1.82) is 0 Å². The second-order valence-electron chi connectivity index (χ2n) is 5.68. The van der Waals surface area contributed by atoms with Crippen molar-refractivity contribution in [1.82, 2.24) is 9.97 Å². The lowest BCUT2D eigenvalue weighted by Crippen LogP contribution is -2.14. The van der Waals surface area contributed by atoms with Crippen LogP contribution < -0.4 is 5.32 Å². The first-order chi connectivity index (χ1) is 12.1. The zero-order chi connectivity index (χ0) is 17.4. The fraction of sp³-hybridized carbons (Fsp3) is 0.235. The average Bonchev–Trinajstić information content (AvgIpc) is 3.17. The molecule has 0 saturated carbocycles. The van der Waals surface area contributed by atoms with Gasteiger partial charge in [-0.1, -0.05) is 35.0 Å². The highest BCUT2D eigenvalue weighted by atomic mass is 35.5. The molecule has 0 unspecified atom stereocenters. The summed E-state index contributed by atoms with van der Waals surface area (Å²) in [6, 6.07) is 5.03. The van der Waals surface area contributed by atoms with Crippen LogP contribution in [0.25, 0.3) is 10.2 Å². The first-order valence-electron chi connectivity index (χ1n) is 7.75. The monoisotopic (exact) mass is 409 g/mol. The maximum Gasteiger partial charge on any atom is 0.234 e. The van der Waals surface area contributed by atoms with Gasteiger partial charge in [-0.3, -0.25) is 4.79 Å². The predicted octanol–water partition coefficient (Wildman–Crippen LogP) is 5.22. The van der Waals surface area contributed by atoms with Gasteiger partial charge in [0.15, 0.2) is 0 Å². The number of amides is 1. The minimum absolute atomic E-state index is 0.109. The van der Waals surface area contributed by atoms with E-state index in [1.54, 1.807) is 35.9 Å². The van der Waals surface area contributed by atoms with Crippen LogP contribution in [0, 0.1) is 0 Å². The van der Waals surface area contributed by atoms with Crippen molar-refractivity contribution in [2.24, 2.45) is 0 Å². The van der Waals surface area contributed by atoms with Crippen molar-refractivity contribution in [3.05, 3.63) is 45.0 Å². The quantitative estimate of drug-likeness (QED) is 0.474. The van der Waals surface area contributed by atoms with Crippen LogP contribution in [0.2, 0.25) is 10.0 Å². The summed E-state index contributed by atoms with van der Waals surface area (Å²) in [5, 5.41) is 5.72. The molecular weight excluding hydrogens is 397 g/mol. The van der Waals surface area contributed by atoms with Gasteiger partial charge in [-0.15, -0.1) is 11.3 Å². The molecule has 1 aliphatic carbocycles. The Morgan fingerprint density at radius 1 is 1.24 bits per heavy atom. The standard InChI is InChI=1S/C17H13Cl2N3OS2/c18-11-5-4-9(6-12(11)19)22-14(23)7-24-16-15-10-2-1-3-13(10)25-17(15)21-8-20-16/h4-6,8H,1-3,7H2,(H,22,23). The minimum Gasteiger partial charge on any atom is -0.325 e. The summed E-state index contributed by atoms with van der Waals surface area (Å²) < 4.78 is 0. The lowest BCUT2D eigenvalue weighted by molar-refractivity contribution is -0.113. The molecule has 4 rings (SSSR count). The van der Waals surface area contributed by atoms with Gasteiger partial charge in [0.1, 0.15) is 16.2 Å². The Hall–Kier alpha value is -1.34. The molecule has 0 aliphatic heterocycles. The number of benzene rings is 1. The molecule has 3 aromatic rings. The van der Waals surface area contributed by atoms with E-state index in [4.69, 9.17) is 23.2 Å². The number of nitrogens with zero attached hydrogens (tertiary/aromatic N) is 2. The number of rotatable bonds is 4. The number of nitrogens with one attached hydrogen (secondary N) is 1. The number of halogens is 2. The number of aryl methyl sites for hydroxylation is 2. The van der Waals surface area contributed by atoms with Crippen molar-refractivity contribution < 1.29 is 4.79 Å². The van der Waals surface area contributed by atoms with Crippen LogP contribution in [-0.4, -0.2) is 21.6 Å². The van der Waals surface area contributed by atoms with Crippen LogP contribution in [-0.2, 0) is 17.6 Å². The van der Waals surface area contributed by atoms with Gasteiger partial charge in [-0.25, -0.2) is 9.97 Å². The second-order valence-corrected chi connectivity index (χ2v) is 8.54. The molecule has 2 heterocycles. The highest BCUT2D eigenvalue weighted by Gasteiger charge is 2.21. The van der Waals surface area contributed by atoms with Gasteiger partial charge in [-0.05, 0) is 43.0 Å². The molecule has 0 atom stereocenters. The van der Waals surface area contributed by atoms with Crippen molar-refractivity contribution in [2.45, 2.75) is 24.3 Å². The second kappa shape index (κ2) is 7.11. The highest BCUT2D eigenvalue weighted by molar-refractivity contribution is 8.00. The number of anilines is 1. The topological polar surface area (TPSA) is 54.9 Å². The van der Waals surface area contributed by atoms with Crippen LogP contribution >= 0.6 is 46.3 Å². The number of thioether (sulfide) groups is 1. The van der Waals surface area contributed by atoms with E-state index in [1.165, 1.54) is 28.6 Å². The average molecular weight is 410 g/mol. The van der Waals surface area contributed by atoms with Crippen LogP contribution in [0.5, 0.6) is 0 Å². The van der Waals surface area contributed by atoms with Crippen molar-refractivity contribution >= 4 is 68.1 Å². The van der Waals surface area contributed by atoms with Crippen molar-refractivity contribution in [2.75, 3.05) is 11.1 Å². The zero-order valence-electron chi connectivity index (χ0n) is 13.0. The molecular formula is C17H13Cl2N3OS2. The lowest BCUT2D eigenvalue weighted by atomic mass is 10.2. The molecule has 1 aromatic carbocycles. The van der Waals surface area contributed by atoms with Crippen molar-refractivity contribution in [3.63, 3.8) is 0 Å². The Kier molecular flexibility index (Phi) is 4.86. The minimum atomic E-state index is -0.109. The summed E-state index contributed by atoms with van der Waals surface area (Å²) in [6.07, 6.45) is 4.96. The molecule has 0 fully saturated rings. The van der Waals surface area contributed by atoms with Gasteiger partial charge in [0.2, 0.25) is 5.91 Å². The first kappa shape index (κ1) is 17.1. The van der Waals surface area contributed by atoms with Crippen LogP contribution in [0.4, 0.5) is 5.69 Å². The zero-order valence-corrected chi connectivity index (χ0v) is 16.2. The summed E-state index contributed by atoms with van der Waals surface area (Å²) in [5.41, 5.74) is 2.00. The first-order valence-corrected chi connectivity index (χ1v) is 10.3. The fourth-order valence-corrected chi connectivity index (χ4v) is 5.33. The SMILES string of the molecule is O=C(CSc1ncnc2sc3c(c12)CCC3)Nc1ccc(Cl)c(Cl)c1. The van der Waals surface area contributed by atoms with Crippen molar-refractivity contribution in [3.8, 4) is 0 Å². The third kappa shape index (κ3) is 3.49. The molecule has 0 spiro atoms. The molecule has 2 aromatic heterocycles. The van der Waals surface area contributed by atoms with E-state index in [-0.39, 0.29) is 11.7 Å². The number of fused-ring (bicyclic) bond motifs is 3. The Morgan fingerprint density at radius 3 is 2.96 bits per heavy atom. The van der Waals surface area contributed by atoms with Gasteiger partial charge in [0.25, 0.3) is 0 Å². The third-order valence-corrected chi connectivity index (χ3v) is 6.94. The van der Waals surface area contributed by atoms with E-state index in [9.17, 15) is 4.79 Å². The van der Waals surface area contributed by atoms with Gasteiger partial charge in [0, 0.05) is 16.0 Å². The molecule has 1 amide bonds. The number of carbonyl (C=O) groups is 1. The highest BCUT2D eigenvalue weighted by Crippen LogP contribution is 2.40. The van der Waals surface area contributed by atoms with Gasteiger partial charge in [-0.2, -0.15) is 0 Å². The molecule has 0 bridgehead atoms. The molecule has 0 radical (unpaired) electrons. The maximum absolute atomic E-state index is 12.2. The predicted molar refractivity (Wildman–Crippen MR) is 105 cm³/mol. The molecule has 1 aliphatic rings. The van der Waals surface area contributed by atoms with E-state index in [0.29, 0.717) is 15.7 Å². The van der Waals surface area contributed by atoms with E-state index in [0.717, 1.165) is 28.1 Å². The molecule has 128 valence electrons. The Balaban J connectivity index is 1.48. The lowest BCUT2D eigenvalue weighted by Gasteiger charge is -2.07. The Morgan fingerprint density at radius 2 is 2.12 bits per heavy atom. The van der Waals surface area contributed by atoms with Gasteiger partial charge in [0.05, 0.1) is 15.8 Å². The smallest absolute Gasteiger partial charge is 0.234 e. The van der Waals surface area contributed by atoms with E-state index in [2.05, 4.69) is 15.3 Å². The summed E-state index contributed by atoms with van der Waals surface area (Å²) in [7, 11) is 0. The normalized spacial score (nSPS) is 13.2. The molecule has 4 nitrogen and oxygen atoms in total. The summed E-state index contributed by atoms with van der Waals surface area (Å²) in [4.78, 5) is 23.5. The molecule has 1 N–H and O–H groups in total. The van der Waals surface area contributed by atoms with E-state index < -0.39 is 0 Å². The fourth-order valence-electron chi connectivity index (χ4n) is 2.91.